The fourth-order valence-corrected chi connectivity index (χ4v) is 1.60. The first-order valence-electron chi connectivity index (χ1n) is 5.51. The van der Waals surface area contributed by atoms with Crippen LogP contribution in [0.25, 0.3) is 0 Å². The molecule has 1 N–H and O–H groups in total. The van der Waals surface area contributed by atoms with E-state index < -0.39 is 5.97 Å². The van der Waals surface area contributed by atoms with Crippen molar-refractivity contribution < 1.29 is 14.6 Å². The van der Waals surface area contributed by atoms with E-state index in [-0.39, 0.29) is 24.3 Å². The molecule has 0 heterocycles. The lowest BCUT2D eigenvalue weighted by molar-refractivity contribution is 0.0525. The Hall–Kier alpha value is -1.86. The maximum Gasteiger partial charge on any atom is 0.339 e. The number of hydrogen-bond donors (Lipinski definition) is 1. The summed E-state index contributed by atoms with van der Waals surface area (Å²) in [6.45, 7) is 3.65. The van der Waals surface area contributed by atoms with E-state index in [4.69, 9.17) is 10.00 Å². The number of aliphatic hydroxyl groups is 1. The van der Waals surface area contributed by atoms with E-state index in [1.165, 1.54) is 0 Å². The second-order valence-corrected chi connectivity index (χ2v) is 3.52. The van der Waals surface area contributed by atoms with Gasteiger partial charge in [-0.05, 0) is 30.5 Å². The molecule has 90 valence electrons. The summed E-state index contributed by atoms with van der Waals surface area (Å²) >= 11 is 0. The van der Waals surface area contributed by atoms with Gasteiger partial charge in [-0.2, -0.15) is 5.26 Å². The molecule has 1 rings (SSSR count). The molecule has 0 spiro atoms. The third-order valence-corrected chi connectivity index (χ3v) is 2.47. The van der Waals surface area contributed by atoms with Gasteiger partial charge in [-0.1, -0.05) is 13.0 Å². The number of carbonyl (C=O) groups excluding carboxylic acids is 1. The number of nitrogens with zero attached hydrogens (tertiary/aromatic N) is 1. The summed E-state index contributed by atoms with van der Waals surface area (Å²) in [4.78, 5) is 11.7. The van der Waals surface area contributed by atoms with Crippen molar-refractivity contribution in [2.24, 2.45) is 0 Å². The Morgan fingerprint density at radius 2 is 2.18 bits per heavy atom. The zero-order valence-electron chi connectivity index (χ0n) is 9.99. The second-order valence-electron chi connectivity index (χ2n) is 3.52. The number of esters is 1. The number of aliphatic hydroxyl groups excluding tert-OH is 1. The molecule has 0 saturated carbocycles. The molecule has 0 aliphatic rings. The topological polar surface area (TPSA) is 70.3 Å². The zero-order chi connectivity index (χ0) is 12.8. The highest BCUT2D eigenvalue weighted by atomic mass is 16.5. The van der Waals surface area contributed by atoms with Crippen molar-refractivity contribution in [3.05, 3.63) is 34.4 Å². The summed E-state index contributed by atoms with van der Waals surface area (Å²) in [5.41, 5.74) is 1.80. The van der Waals surface area contributed by atoms with Crippen LogP contribution in [0, 0.1) is 11.3 Å². The molecule has 0 aliphatic carbocycles. The first-order valence-corrected chi connectivity index (χ1v) is 5.51. The number of aryl methyl sites for hydroxylation is 1. The van der Waals surface area contributed by atoms with Crippen molar-refractivity contribution in [3.63, 3.8) is 0 Å². The van der Waals surface area contributed by atoms with Crippen molar-refractivity contribution in [2.75, 3.05) is 6.61 Å². The minimum atomic E-state index is -0.519. The fraction of sp³-hybridized carbons (Fsp3) is 0.385. The van der Waals surface area contributed by atoms with Gasteiger partial charge in [0.1, 0.15) is 6.07 Å². The summed E-state index contributed by atoms with van der Waals surface area (Å²) in [6, 6.07) is 5.33. The third-order valence-electron chi connectivity index (χ3n) is 2.47. The van der Waals surface area contributed by atoms with Gasteiger partial charge in [0.2, 0.25) is 0 Å². The van der Waals surface area contributed by atoms with E-state index in [0.717, 1.165) is 12.0 Å². The molecule has 0 aromatic heterocycles. The fourth-order valence-electron chi connectivity index (χ4n) is 1.60. The largest absolute Gasteiger partial charge is 0.462 e. The first-order chi connectivity index (χ1) is 8.17. The lowest BCUT2D eigenvalue weighted by Crippen LogP contribution is -2.10. The zero-order valence-corrected chi connectivity index (χ0v) is 9.99. The molecule has 17 heavy (non-hydrogen) atoms. The molecule has 1 aromatic rings. The van der Waals surface area contributed by atoms with Crippen LogP contribution in [0.15, 0.2) is 12.1 Å². The number of carbonyl (C=O) groups is 1. The number of ether oxygens (including phenoxy) is 1. The highest BCUT2D eigenvalue weighted by Crippen LogP contribution is 2.19. The van der Waals surface area contributed by atoms with Crippen LogP contribution < -0.4 is 0 Å². The first kappa shape index (κ1) is 13.2. The molecular weight excluding hydrogens is 218 g/mol. The molecule has 0 bridgehead atoms. The molecule has 0 fully saturated rings. The SMILES string of the molecule is CCOC(=O)c1cc(CC)cc(CO)c1C#N. The van der Waals surface area contributed by atoms with Crippen LogP contribution in [0.3, 0.4) is 0 Å². The van der Waals surface area contributed by atoms with Crippen LogP contribution in [-0.4, -0.2) is 17.7 Å². The second kappa shape index (κ2) is 6.02. The normalized spacial score (nSPS) is 9.76. The molecule has 4 heteroatoms. The summed E-state index contributed by atoms with van der Waals surface area (Å²) in [6.07, 6.45) is 0.727. The Labute approximate surface area is 100 Å². The van der Waals surface area contributed by atoms with E-state index in [0.29, 0.717) is 5.56 Å². The van der Waals surface area contributed by atoms with Gasteiger partial charge in [-0.15, -0.1) is 0 Å². The van der Waals surface area contributed by atoms with E-state index in [9.17, 15) is 9.90 Å². The maximum absolute atomic E-state index is 11.7. The standard InChI is InChI=1S/C13H15NO3/c1-3-9-5-10(8-15)12(7-14)11(6-9)13(16)17-4-2/h5-6,15H,3-4,8H2,1-2H3. The van der Waals surface area contributed by atoms with Crippen LogP contribution in [0.5, 0.6) is 0 Å². The smallest absolute Gasteiger partial charge is 0.339 e. The van der Waals surface area contributed by atoms with E-state index in [1.54, 1.807) is 19.1 Å². The van der Waals surface area contributed by atoms with Gasteiger partial charge in [0.05, 0.1) is 24.3 Å². The number of rotatable bonds is 4. The molecule has 0 unspecified atom stereocenters. The number of nitriles is 1. The average molecular weight is 233 g/mol. The molecular formula is C13H15NO3. The van der Waals surface area contributed by atoms with Crippen molar-refractivity contribution >= 4 is 5.97 Å². The summed E-state index contributed by atoms with van der Waals surface area (Å²) in [5.74, 6) is -0.519. The molecule has 1 aromatic carbocycles. The molecule has 4 nitrogen and oxygen atoms in total. The van der Waals surface area contributed by atoms with Crippen molar-refractivity contribution in [3.8, 4) is 6.07 Å². The van der Waals surface area contributed by atoms with Gasteiger partial charge in [-0.25, -0.2) is 4.79 Å². The van der Waals surface area contributed by atoms with Gasteiger partial charge in [0, 0.05) is 0 Å². The third kappa shape index (κ3) is 2.83. The Kier molecular flexibility index (Phi) is 4.68. The summed E-state index contributed by atoms with van der Waals surface area (Å²) in [7, 11) is 0. The Morgan fingerprint density at radius 3 is 2.65 bits per heavy atom. The van der Waals surface area contributed by atoms with Gasteiger partial charge in [0.15, 0.2) is 0 Å². The van der Waals surface area contributed by atoms with Gasteiger partial charge >= 0.3 is 5.97 Å². The van der Waals surface area contributed by atoms with Crippen LogP contribution >= 0.6 is 0 Å². The number of benzene rings is 1. The van der Waals surface area contributed by atoms with Crippen LogP contribution in [-0.2, 0) is 17.8 Å². The monoisotopic (exact) mass is 233 g/mol. The summed E-state index contributed by atoms with van der Waals surface area (Å²) in [5, 5.41) is 18.2. The Morgan fingerprint density at radius 1 is 1.47 bits per heavy atom. The maximum atomic E-state index is 11.7. The molecule has 0 amide bonds. The predicted octanol–water partition coefficient (Wildman–Crippen LogP) is 1.79. The minimum Gasteiger partial charge on any atom is -0.462 e. The predicted molar refractivity (Wildman–Crippen MR) is 62.4 cm³/mol. The van der Waals surface area contributed by atoms with E-state index in [1.807, 2.05) is 13.0 Å². The van der Waals surface area contributed by atoms with E-state index >= 15 is 0 Å². The van der Waals surface area contributed by atoms with Crippen molar-refractivity contribution in [1.29, 1.82) is 5.26 Å². The van der Waals surface area contributed by atoms with Crippen molar-refractivity contribution in [1.82, 2.24) is 0 Å². The average Bonchev–Trinajstić information content (AvgIpc) is 2.37. The highest BCUT2D eigenvalue weighted by molar-refractivity contribution is 5.93. The quantitative estimate of drug-likeness (QED) is 0.805. The lowest BCUT2D eigenvalue weighted by Gasteiger charge is -2.09. The van der Waals surface area contributed by atoms with Gasteiger partial charge in [0.25, 0.3) is 0 Å². The molecule has 0 aliphatic heterocycles. The van der Waals surface area contributed by atoms with E-state index in [2.05, 4.69) is 0 Å². The van der Waals surface area contributed by atoms with Gasteiger partial charge < -0.3 is 9.84 Å². The molecule has 0 saturated heterocycles. The lowest BCUT2D eigenvalue weighted by atomic mass is 9.97. The van der Waals surface area contributed by atoms with Crippen LogP contribution in [0.1, 0.15) is 40.9 Å². The minimum absolute atomic E-state index is 0.197. The summed E-state index contributed by atoms with van der Waals surface area (Å²) < 4.78 is 4.90. The van der Waals surface area contributed by atoms with Crippen molar-refractivity contribution in [2.45, 2.75) is 26.9 Å². The van der Waals surface area contributed by atoms with Gasteiger partial charge in [-0.3, -0.25) is 0 Å². The number of hydrogen-bond acceptors (Lipinski definition) is 4. The molecule has 0 atom stereocenters. The Balaban J connectivity index is 3.35. The highest BCUT2D eigenvalue weighted by Gasteiger charge is 2.17. The molecule has 0 radical (unpaired) electrons. The Bertz CT molecular complexity index is 460. The van der Waals surface area contributed by atoms with Crippen LogP contribution in [0.2, 0.25) is 0 Å². The van der Waals surface area contributed by atoms with Crippen LogP contribution in [0.4, 0.5) is 0 Å².